The molecule has 2 aromatic rings. The monoisotopic (exact) mass is 308 g/mol. The van der Waals surface area contributed by atoms with Crippen molar-refractivity contribution in [3.8, 4) is 5.75 Å². The summed E-state index contributed by atoms with van der Waals surface area (Å²) in [5.74, 6) is -0.914. The molecule has 21 heavy (non-hydrogen) atoms. The van der Waals surface area contributed by atoms with Crippen molar-refractivity contribution >= 4 is 18.9 Å². The summed E-state index contributed by atoms with van der Waals surface area (Å²) in [5.41, 5.74) is 0.856. The van der Waals surface area contributed by atoms with Crippen molar-refractivity contribution in [1.82, 2.24) is 0 Å². The van der Waals surface area contributed by atoms with Gasteiger partial charge in [-0.05, 0) is 29.8 Å². The molecule has 110 valence electrons. The molecule has 0 bridgehead atoms. The Morgan fingerprint density at radius 2 is 1.67 bits per heavy atom. The molecule has 0 amide bonds. The number of hydrogen-bond acceptors (Lipinski definition) is 3. The lowest BCUT2D eigenvalue weighted by Gasteiger charge is -2.12. The van der Waals surface area contributed by atoms with E-state index in [2.05, 4.69) is 0 Å². The summed E-state index contributed by atoms with van der Waals surface area (Å²) < 4.78 is 16.7. The summed E-state index contributed by atoms with van der Waals surface area (Å²) in [6.07, 6.45) is 0. The van der Waals surface area contributed by atoms with Gasteiger partial charge in [-0.25, -0.2) is 4.79 Å². The number of carbonyl (C=O) groups is 1. The van der Waals surface area contributed by atoms with Crippen LogP contribution in [0.3, 0.4) is 0 Å². The molecular formula is C14H13O6P. The van der Waals surface area contributed by atoms with Gasteiger partial charge in [-0.3, -0.25) is 4.57 Å². The second-order valence-electron chi connectivity index (χ2n) is 4.30. The van der Waals surface area contributed by atoms with Gasteiger partial charge in [0.05, 0.1) is 5.56 Å². The highest BCUT2D eigenvalue weighted by molar-refractivity contribution is 7.60. The highest BCUT2D eigenvalue weighted by atomic mass is 31.2. The zero-order chi connectivity index (χ0) is 15.5. The Kier molecular flexibility index (Phi) is 4.43. The predicted molar refractivity (Wildman–Crippen MR) is 75.9 cm³/mol. The summed E-state index contributed by atoms with van der Waals surface area (Å²) in [6.45, 7) is 0.0803. The molecule has 0 fully saturated rings. The average molecular weight is 308 g/mol. The fourth-order valence-electron chi connectivity index (χ4n) is 1.72. The summed E-state index contributed by atoms with van der Waals surface area (Å²) in [6, 6.07) is 12.0. The number of aromatic carboxylic acids is 1. The van der Waals surface area contributed by atoms with Gasteiger partial charge >= 0.3 is 13.6 Å². The Bertz CT molecular complexity index is 689. The Hall–Kier alpha value is -2.14. The van der Waals surface area contributed by atoms with Crippen LogP contribution in [-0.2, 0) is 11.2 Å². The number of ether oxygens (including phenoxy) is 1. The van der Waals surface area contributed by atoms with Crippen molar-refractivity contribution in [3.63, 3.8) is 0 Å². The van der Waals surface area contributed by atoms with E-state index in [4.69, 9.17) is 9.84 Å². The van der Waals surface area contributed by atoms with Crippen LogP contribution in [-0.4, -0.2) is 20.9 Å². The standard InChI is InChI=1S/C14H13O6P/c15-14(16)11-7-5-10(6-8-11)9-20-12-3-1-2-4-13(12)21(17,18)19/h1-8H,9H2,(H,15,16)(H2,17,18,19). The van der Waals surface area contributed by atoms with Gasteiger partial charge in [0.1, 0.15) is 17.7 Å². The molecule has 0 unspecified atom stereocenters. The van der Waals surface area contributed by atoms with Crippen LogP contribution in [0, 0.1) is 0 Å². The lowest BCUT2D eigenvalue weighted by atomic mass is 10.1. The second-order valence-corrected chi connectivity index (χ2v) is 5.87. The first-order valence-corrected chi connectivity index (χ1v) is 7.59. The largest absolute Gasteiger partial charge is 0.488 e. The molecule has 0 aromatic heterocycles. The van der Waals surface area contributed by atoms with Gasteiger partial charge in [-0.2, -0.15) is 0 Å². The van der Waals surface area contributed by atoms with E-state index >= 15 is 0 Å². The van der Waals surface area contributed by atoms with Gasteiger partial charge in [-0.15, -0.1) is 0 Å². The minimum Gasteiger partial charge on any atom is -0.488 e. The quantitative estimate of drug-likeness (QED) is 0.727. The van der Waals surface area contributed by atoms with Gasteiger partial charge < -0.3 is 19.6 Å². The van der Waals surface area contributed by atoms with E-state index in [9.17, 15) is 19.1 Å². The number of benzene rings is 2. The van der Waals surface area contributed by atoms with Crippen LogP contribution in [0.5, 0.6) is 5.75 Å². The summed E-state index contributed by atoms with van der Waals surface area (Å²) in [4.78, 5) is 29.2. The van der Waals surface area contributed by atoms with E-state index in [1.807, 2.05) is 0 Å². The number of carboxylic acids is 1. The Labute approximate surface area is 120 Å². The Morgan fingerprint density at radius 1 is 1.05 bits per heavy atom. The van der Waals surface area contributed by atoms with Crippen LogP contribution in [0.1, 0.15) is 15.9 Å². The van der Waals surface area contributed by atoms with Crippen molar-refractivity contribution in [3.05, 3.63) is 59.7 Å². The molecule has 3 N–H and O–H groups in total. The fraction of sp³-hybridized carbons (Fsp3) is 0.0714. The van der Waals surface area contributed by atoms with Gasteiger partial charge in [-0.1, -0.05) is 24.3 Å². The first kappa shape index (κ1) is 15.3. The lowest BCUT2D eigenvalue weighted by Crippen LogP contribution is -2.09. The number of para-hydroxylation sites is 1. The molecule has 0 saturated carbocycles. The van der Waals surface area contributed by atoms with Gasteiger partial charge in [0.15, 0.2) is 0 Å². The molecule has 0 aliphatic rings. The third-order valence-electron chi connectivity index (χ3n) is 2.77. The highest BCUT2D eigenvalue weighted by Crippen LogP contribution is 2.37. The number of rotatable bonds is 5. The Morgan fingerprint density at radius 3 is 2.24 bits per heavy atom. The number of carboxylic acid groups (broad SMARTS) is 1. The van der Waals surface area contributed by atoms with Crippen molar-refractivity contribution in [2.75, 3.05) is 0 Å². The maximum Gasteiger partial charge on any atom is 0.359 e. The highest BCUT2D eigenvalue weighted by Gasteiger charge is 2.21. The van der Waals surface area contributed by atoms with Gasteiger partial charge in [0, 0.05) is 0 Å². The Balaban J connectivity index is 2.13. The van der Waals surface area contributed by atoms with E-state index in [-0.39, 0.29) is 23.2 Å². The minimum atomic E-state index is -4.40. The lowest BCUT2D eigenvalue weighted by molar-refractivity contribution is 0.0696. The van der Waals surface area contributed by atoms with Crippen molar-refractivity contribution < 1.29 is 29.0 Å². The molecule has 0 saturated heterocycles. The smallest absolute Gasteiger partial charge is 0.359 e. The molecule has 0 aliphatic heterocycles. The van der Waals surface area contributed by atoms with Crippen molar-refractivity contribution in [2.45, 2.75) is 6.61 Å². The third-order valence-corrected chi connectivity index (χ3v) is 3.77. The van der Waals surface area contributed by atoms with Crippen molar-refractivity contribution in [2.24, 2.45) is 0 Å². The zero-order valence-corrected chi connectivity index (χ0v) is 11.7. The van der Waals surface area contributed by atoms with Crippen LogP contribution < -0.4 is 10.0 Å². The first-order chi connectivity index (χ1) is 9.88. The molecule has 2 rings (SSSR count). The van der Waals surface area contributed by atoms with E-state index in [0.29, 0.717) is 5.56 Å². The zero-order valence-electron chi connectivity index (χ0n) is 10.8. The molecule has 0 heterocycles. The predicted octanol–water partition coefficient (Wildman–Crippen LogP) is 1.77. The fourth-order valence-corrected chi connectivity index (χ4v) is 2.43. The maximum absolute atomic E-state index is 11.3. The van der Waals surface area contributed by atoms with Crippen LogP contribution in [0.25, 0.3) is 0 Å². The van der Waals surface area contributed by atoms with Crippen LogP contribution in [0.2, 0.25) is 0 Å². The van der Waals surface area contributed by atoms with Gasteiger partial charge in [0.25, 0.3) is 0 Å². The average Bonchev–Trinajstić information content (AvgIpc) is 2.45. The van der Waals surface area contributed by atoms with Crippen LogP contribution >= 0.6 is 7.60 Å². The number of hydrogen-bond donors (Lipinski definition) is 3. The maximum atomic E-state index is 11.3. The summed E-state index contributed by atoms with van der Waals surface area (Å²) in [7, 11) is -4.40. The summed E-state index contributed by atoms with van der Waals surface area (Å²) in [5, 5.41) is 8.62. The SMILES string of the molecule is O=C(O)c1ccc(COc2ccccc2P(=O)(O)O)cc1. The van der Waals surface area contributed by atoms with Crippen molar-refractivity contribution in [1.29, 1.82) is 0 Å². The molecular weight excluding hydrogens is 295 g/mol. The molecule has 0 atom stereocenters. The van der Waals surface area contributed by atoms with E-state index in [0.717, 1.165) is 0 Å². The third kappa shape index (κ3) is 3.92. The second kappa shape index (κ2) is 6.10. The van der Waals surface area contributed by atoms with E-state index in [1.165, 1.54) is 30.3 Å². The topological polar surface area (TPSA) is 104 Å². The molecule has 0 radical (unpaired) electrons. The molecule has 6 nitrogen and oxygen atoms in total. The minimum absolute atomic E-state index is 0.0803. The summed E-state index contributed by atoms with van der Waals surface area (Å²) >= 11 is 0. The normalized spacial score (nSPS) is 11.1. The molecule has 7 heteroatoms. The van der Waals surface area contributed by atoms with E-state index < -0.39 is 13.6 Å². The first-order valence-electron chi connectivity index (χ1n) is 5.98. The van der Waals surface area contributed by atoms with Gasteiger partial charge in [0.2, 0.25) is 0 Å². The molecule has 0 spiro atoms. The molecule has 2 aromatic carbocycles. The molecule has 0 aliphatic carbocycles. The van der Waals surface area contributed by atoms with Crippen LogP contribution in [0.15, 0.2) is 48.5 Å². The van der Waals surface area contributed by atoms with E-state index in [1.54, 1.807) is 18.2 Å². The van der Waals surface area contributed by atoms with Crippen LogP contribution in [0.4, 0.5) is 0 Å².